The number of H-pyrrole nitrogens is 1. The fourth-order valence-electron chi connectivity index (χ4n) is 3.60. The molecular formula is C20H24ClN5O3S. The lowest BCUT2D eigenvalue weighted by atomic mass is 10.1. The van der Waals surface area contributed by atoms with Crippen LogP contribution in [0.1, 0.15) is 36.3 Å². The first-order valence-corrected chi connectivity index (χ1v) is 11.7. The molecule has 160 valence electrons. The normalized spacial score (nSPS) is 17.5. The summed E-state index contributed by atoms with van der Waals surface area (Å²) < 4.78 is 35.0. The summed E-state index contributed by atoms with van der Waals surface area (Å²) in [7, 11) is -3.57. The number of halogens is 1. The number of sulfonamides is 1. The van der Waals surface area contributed by atoms with E-state index in [-0.39, 0.29) is 10.8 Å². The van der Waals surface area contributed by atoms with Crippen LogP contribution in [0.4, 0.5) is 0 Å². The SMILES string of the molecule is CCn1cc(S(=O)(=O)N2CC[C@H](c3cc(COc4ccc(Cl)cc4)[nH]n3)C2)c(C)n1. The molecule has 0 saturated carbocycles. The van der Waals surface area contributed by atoms with E-state index in [4.69, 9.17) is 16.3 Å². The second kappa shape index (κ2) is 8.41. The van der Waals surface area contributed by atoms with E-state index in [9.17, 15) is 8.42 Å². The summed E-state index contributed by atoms with van der Waals surface area (Å²) >= 11 is 5.88. The van der Waals surface area contributed by atoms with Gasteiger partial charge in [0.05, 0.1) is 17.1 Å². The van der Waals surface area contributed by atoms with Crippen molar-refractivity contribution in [2.45, 2.75) is 44.2 Å². The van der Waals surface area contributed by atoms with Gasteiger partial charge in [0, 0.05) is 36.8 Å². The molecule has 3 heterocycles. The molecule has 1 N–H and O–H groups in total. The fraction of sp³-hybridized carbons (Fsp3) is 0.400. The lowest BCUT2D eigenvalue weighted by Gasteiger charge is -2.15. The monoisotopic (exact) mass is 449 g/mol. The van der Waals surface area contributed by atoms with E-state index in [0.29, 0.717) is 37.0 Å². The minimum Gasteiger partial charge on any atom is -0.487 e. The van der Waals surface area contributed by atoms with E-state index in [1.807, 2.05) is 25.1 Å². The molecule has 10 heteroatoms. The molecule has 3 aromatic rings. The average molecular weight is 450 g/mol. The number of rotatable bonds is 7. The van der Waals surface area contributed by atoms with Crippen molar-refractivity contribution in [1.29, 1.82) is 0 Å². The maximum absolute atomic E-state index is 13.1. The molecule has 1 saturated heterocycles. The first kappa shape index (κ1) is 20.9. The Bertz CT molecular complexity index is 1120. The minimum absolute atomic E-state index is 0.0434. The van der Waals surface area contributed by atoms with Gasteiger partial charge in [0.2, 0.25) is 10.0 Å². The number of benzene rings is 1. The van der Waals surface area contributed by atoms with Crippen molar-refractivity contribution in [1.82, 2.24) is 24.3 Å². The third kappa shape index (κ3) is 4.23. The smallest absolute Gasteiger partial charge is 0.246 e. The first-order valence-electron chi connectivity index (χ1n) is 9.83. The van der Waals surface area contributed by atoms with Crippen LogP contribution in [0.2, 0.25) is 5.02 Å². The standard InChI is InChI=1S/C20H24ClN5O3S/c1-3-25-12-20(14(2)24-25)30(27,28)26-9-8-15(11-26)19-10-17(22-23-19)13-29-18-6-4-16(21)5-7-18/h4-7,10,12,15H,3,8-9,11,13H2,1-2H3,(H,22,23)/t15-/m0/s1. The number of nitrogens with one attached hydrogen (secondary N) is 1. The number of aromatic amines is 1. The van der Waals surface area contributed by atoms with Crippen molar-refractivity contribution >= 4 is 21.6 Å². The summed E-state index contributed by atoms with van der Waals surface area (Å²) in [5, 5.41) is 12.3. The van der Waals surface area contributed by atoms with E-state index >= 15 is 0 Å². The summed E-state index contributed by atoms with van der Waals surface area (Å²) in [6.45, 7) is 5.51. The molecule has 8 nitrogen and oxygen atoms in total. The van der Waals surface area contributed by atoms with E-state index in [1.165, 1.54) is 4.31 Å². The van der Waals surface area contributed by atoms with Gasteiger partial charge in [0.15, 0.2) is 0 Å². The highest BCUT2D eigenvalue weighted by Crippen LogP contribution is 2.31. The lowest BCUT2D eigenvalue weighted by Crippen LogP contribution is -2.29. The van der Waals surface area contributed by atoms with Crippen LogP contribution in [0.3, 0.4) is 0 Å². The molecule has 1 fully saturated rings. The van der Waals surface area contributed by atoms with Crippen LogP contribution in [0.15, 0.2) is 41.4 Å². The second-order valence-corrected chi connectivity index (χ2v) is 9.69. The predicted octanol–water partition coefficient (Wildman–Crippen LogP) is 3.35. The van der Waals surface area contributed by atoms with Crippen LogP contribution >= 0.6 is 11.6 Å². The molecule has 1 aliphatic heterocycles. The second-order valence-electron chi connectivity index (χ2n) is 7.34. The number of ether oxygens (including phenoxy) is 1. The fourth-order valence-corrected chi connectivity index (χ4v) is 5.39. The van der Waals surface area contributed by atoms with Gasteiger partial charge in [-0.3, -0.25) is 9.78 Å². The minimum atomic E-state index is -3.57. The topological polar surface area (TPSA) is 93.1 Å². The molecule has 0 aliphatic carbocycles. The molecule has 30 heavy (non-hydrogen) atoms. The van der Waals surface area contributed by atoms with Crippen molar-refractivity contribution in [3.63, 3.8) is 0 Å². The van der Waals surface area contributed by atoms with Crippen molar-refractivity contribution in [3.8, 4) is 5.75 Å². The van der Waals surface area contributed by atoms with Gasteiger partial charge in [-0.15, -0.1) is 0 Å². The summed E-state index contributed by atoms with van der Waals surface area (Å²) in [6.07, 6.45) is 2.33. The van der Waals surface area contributed by atoms with Gasteiger partial charge in [0.25, 0.3) is 0 Å². The van der Waals surface area contributed by atoms with Gasteiger partial charge >= 0.3 is 0 Å². The largest absolute Gasteiger partial charge is 0.487 e. The Morgan fingerprint density at radius 1 is 1.30 bits per heavy atom. The zero-order valence-corrected chi connectivity index (χ0v) is 18.4. The summed E-state index contributed by atoms with van der Waals surface area (Å²) in [5.74, 6) is 0.763. The molecule has 2 aromatic heterocycles. The van der Waals surface area contributed by atoms with Crippen molar-refractivity contribution in [3.05, 3.63) is 58.6 Å². The Labute approximate surface area is 180 Å². The molecule has 4 rings (SSSR count). The highest BCUT2D eigenvalue weighted by molar-refractivity contribution is 7.89. The number of aryl methyl sites for hydroxylation is 2. The van der Waals surface area contributed by atoms with Gasteiger partial charge < -0.3 is 4.74 Å². The zero-order chi connectivity index (χ0) is 21.3. The molecule has 0 amide bonds. The summed E-state index contributed by atoms with van der Waals surface area (Å²) in [6, 6.07) is 9.10. The lowest BCUT2D eigenvalue weighted by molar-refractivity contribution is 0.301. The maximum atomic E-state index is 13.1. The van der Waals surface area contributed by atoms with Crippen LogP contribution in [0.5, 0.6) is 5.75 Å². The van der Waals surface area contributed by atoms with Crippen molar-refractivity contribution < 1.29 is 13.2 Å². The molecule has 1 aromatic carbocycles. The van der Waals surface area contributed by atoms with Gasteiger partial charge in [-0.1, -0.05) is 11.6 Å². The van der Waals surface area contributed by atoms with Gasteiger partial charge in [-0.05, 0) is 50.6 Å². The Morgan fingerprint density at radius 3 is 2.77 bits per heavy atom. The highest BCUT2D eigenvalue weighted by Gasteiger charge is 2.36. The van der Waals surface area contributed by atoms with E-state index in [2.05, 4.69) is 15.3 Å². The first-order chi connectivity index (χ1) is 14.4. The Hall–Kier alpha value is -2.36. The predicted molar refractivity (Wildman–Crippen MR) is 113 cm³/mol. The third-order valence-corrected chi connectivity index (χ3v) is 7.49. The molecule has 0 spiro atoms. The maximum Gasteiger partial charge on any atom is 0.246 e. The number of aromatic nitrogens is 4. The van der Waals surface area contributed by atoms with Gasteiger partial charge in [-0.25, -0.2) is 8.42 Å². The van der Waals surface area contributed by atoms with Gasteiger partial charge in [-0.2, -0.15) is 14.5 Å². The van der Waals surface area contributed by atoms with Crippen molar-refractivity contribution in [2.75, 3.05) is 13.1 Å². The molecule has 1 aliphatic rings. The zero-order valence-electron chi connectivity index (χ0n) is 16.9. The van der Waals surface area contributed by atoms with E-state index in [1.54, 1.807) is 29.9 Å². The highest BCUT2D eigenvalue weighted by atomic mass is 35.5. The van der Waals surface area contributed by atoms with Crippen LogP contribution in [-0.4, -0.2) is 45.8 Å². The van der Waals surface area contributed by atoms with E-state index < -0.39 is 10.0 Å². The summed E-state index contributed by atoms with van der Waals surface area (Å²) in [5.41, 5.74) is 2.21. The number of nitrogens with zero attached hydrogens (tertiary/aromatic N) is 4. The molecule has 1 atom stereocenters. The Kier molecular flexibility index (Phi) is 5.86. The van der Waals surface area contributed by atoms with Crippen LogP contribution in [-0.2, 0) is 23.2 Å². The quantitative estimate of drug-likeness (QED) is 0.597. The Morgan fingerprint density at radius 2 is 2.07 bits per heavy atom. The number of hydrogen-bond donors (Lipinski definition) is 1. The Balaban J connectivity index is 1.41. The third-order valence-electron chi connectivity index (χ3n) is 5.27. The molecule has 0 unspecified atom stereocenters. The van der Waals surface area contributed by atoms with Crippen LogP contribution in [0, 0.1) is 6.92 Å². The van der Waals surface area contributed by atoms with Crippen LogP contribution in [0.25, 0.3) is 0 Å². The van der Waals surface area contributed by atoms with Crippen molar-refractivity contribution in [2.24, 2.45) is 0 Å². The van der Waals surface area contributed by atoms with Gasteiger partial charge in [0.1, 0.15) is 17.3 Å². The van der Waals surface area contributed by atoms with Crippen LogP contribution < -0.4 is 4.74 Å². The molecule has 0 bridgehead atoms. The summed E-state index contributed by atoms with van der Waals surface area (Å²) in [4.78, 5) is 0.282. The molecular weight excluding hydrogens is 426 g/mol. The number of hydrogen-bond acceptors (Lipinski definition) is 5. The molecule has 0 radical (unpaired) electrons. The van der Waals surface area contributed by atoms with E-state index in [0.717, 1.165) is 23.6 Å². The average Bonchev–Trinajstić information content (AvgIpc) is 3.46.